The topological polar surface area (TPSA) is 72.2 Å². The Balaban J connectivity index is 1.58. The molecule has 20 heavy (non-hydrogen) atoms. The minimum Gasteiger partial charge on any atom is -0.399 e. The first-order chi connectivity index (χ1) is 9.47. The number of rotatable bonds is 3. The predicted molar refractivity (Wildman–Crippen MR) is 77.5 cm³/mol. The number of nitrogens with one attached hydrogen (secondary N) is 1. The van der Waals surface area contributed by atoms with Gasteiger partial charge in [0, 0.05) is 11.7 Å². The van der Waals surface area contributed by atoms with Gasteiger partial charge in [-0.25, -0.2) is 13.1 Å². The van der Waals surface area contributed by atoms with Crippen LogP contribution >= 0.6 is 0 Å². The molecule has 0 aliphatic heterocycles. The number of hydrogen-bond donors (Lipinski definition) is 2. The lowest BCUT2D eigenvalue weighted by atomic mass is 10.0. The first kappa shape index (κ1) is 12.7. The van der Waals surface area contributed by atoms with E-state index in [1.807, 2.05) is 6.92 Å². The summed E-state index contributed by atoms with van der Waals surface area (Å²) in [5, 5.41) is 0. The minimum atomic E-state index is -3.44. The van der Waals surface area contributed by atoms with Gasteiger partial charge in [0.15, 0.2) is 0 Å². The van der Waals surface area contributed by atoms with Crippen molar-refractivity contribution in [2.75, 3.05) is 5.73 Å². The molecule has 4 nitrogen and oxygen atoms in total. The average molecular weight is 292 g/mol. The zero-order valence-electron chi connectivity index (χ0n) is 11.5. The van der Waals surface area contributed by atoms with Gasteiger partial charge in [0.2, 0.25) is 10.0 Å². The Labute approximate surface area is 119 Å². The third-order valence-electron chi connectivity index (χ3n) is 5.53. The van der Waals surface area contributed by atoms with Crippen molar-refractivity contribution in [3.63, 3.8) is 0 Å². The first-order valence-electron chi connectivity index (χ1n) is 7.36. The highest BCUT2D eigenvalue weighted by Crippen LogP contribution is 2.65. The molecule has 1 aromatic carbocycles. The Bertz CT molecular complexity index is 654. The van der Waals surface area contributed by atoms with Crippen LogP contribution in [0, 0.1) is 30.6 Å². The van der Waals surface area contributed by atoms with E-state index in [9.17, 15) is 8.42 Å². The van der Waals surface area contributed by atoms with Crippen molar-refractivity contribution >= 4 is 15.7 Å². The lowest BCUT2D eigenvalue weighted by molar-refractivity contribution is 0.456. The number of nitrogen functional groups attached to an aromatic ring is 1. The van der Waals surface area contributed by atoms with Crippen molar-refractivity contribution in [1.29, 1.82) is 0 Å². The molecule has 0 amide bonds. The highest BCUT2D eigenvalue weighted by molar-refractivity contribution is 7.89. The third-order valence-corrected chi connectivity index (χ3v) is 7.13. The first-order valence-corrected chi connectivity index (χ1v) is 8.84. The Morgan fingerprint density at radius 2 is 1.85 bits per heavy atom. The van der Waals surface area contributed by atoms with E-state index in [1.54, 1.807) is 18.2 Å². The summed E-state index contributed by atoms with van der Waals surface area (Å²) in [6.07, 6.45) is 3.91. The lowest BCUT2D eigenvalue weighted by Gasteiger charge is -2.13. The molecule has 0 saturated heterocycles. The molecule has 0 spiro atoms. The van der Waals surface area contributed by atoms with Crippen molar-refractivity contribution in [3.05, 3.63) is 23.8 Å². The van der Waals surface area contributed by atoms with Crippen LogP contribution in [0.25, 0.3) is 0 Å². The van der Waals surface area contributed by atoms with Crippen LogP contribution < -0.4 is 10.5 Å². The molecule has 0 heterocycles. The molecule has 0 aromatic heterocycles. The van der Waals surface area contributed by atoms with E-state index >= 15 is 0 Å². The predicted octanol–water partition coefficient (Wildman–Crippen LogP) is 1.90. The molecule has 4 unspecified atom stereocenters. The highest BCUT2D eigenvalue weighted by Gasteiger charge is 2.65. The van der Waals surface area contributed by atoms with Gasteiger partial charge in [-0.3, -0.25) is 0 Å². The molecule has 3 saturated carbocycles. The van der Waals surface area contributed by atoms with Gasteiger partial charge in [-0.1, -0.05) is 6.07 Å². The second-order valence-corrected chi connectivity index (χ2v) is 8.34. The average Bonchev–Trinajstić information content (AvgIpc) is 2.81. The Morgan fingerprint density at radius 1 is 1.20 bits per heavy atom. The van der Waals surface area contributed by atoms with Crippen LogP contribution in [-0.2, 0) is 10.0 Å². The molecular weight excluding hydrogens is 272 g/mol. The van der Waals surface area contributed by atoms with Gasteiger partial charge in [0.25, 0.3) is 0 Å². The number of anilines is 1. The molecule has 3 aliphatic rings. The molecule has 4 atom stereocenters. The molecule has 3 aliphatic carbocycles. The summed E-state index contributed by atoms with van der Waals surface area (Å²) in [4.78, 5) is 0.329. The smallest absolute Gasteiger partial charge is 0.241 e. The van der Waals surface area contributed by atoms with Gasteiger partial charge in [0.1, 0.15) is 0 Å². The van der Waals surface area contributed by atoms with Gasteiger partial charge in [-0.15, -0.1) is 0 Å². The second kappa shape index (κ2) is 3.98. The summed E-state index contributed by atoms with van der Waals surface area (Å²) < 4.78 is 28.0. The molecule has 1 aromatic rings. The summed E-state index contributed by atoms with van der Waals surface area (Å²) in [5.74, 6) is 2.73. The fourth-order valence-corrected chi connectivity index (χ4v) is 6.21. The van der Waals surface area contributed by atoms with E-state index in [0.717, 1.165) is 17.4 Å². The van der Waals surface area contributed by atoms with Crippen LogP contribution in [-0.4, -0.2) is 14.5 Å². The van der Waals surface area contributed by atoms with E-state index < -0.39 is 10.0 Å². The monoisotopic (exact) mass is 292 g/mol. The Hall–Kier alpha value is -1.07. The molecule has 3 N–H and O–H groups in total. The molecule has 2 bridgehead atoms. The maximum absolute atomic E-state index is 12.6. The van der Waals surface area contributed by atoms with Crippen molar-refractivity contribution < 1.29 is 8.42 Å². The normalized spacial score (nSPS) is 38.0. The quantitative estimate of drug-likeness (QED) is 0.836. The number of nitrogens with two attached hydrogens (primary N) is 1. The number of fused-ring (bicyclic) bond motifs is 5. The number of benzene rings is 1. The largest absolute Gasteiger partial charge is 0.399 e. The molecular formula is C15H20N2O2S. The van der Waals surface area contributed by atoms with Gasteiger partial charge in [0.05, 0.1) is 4.90 Å². The van der Waals surface area contributed by atoms with Crippen LogP contribution in [0.2, 0.25) is 0 Å². The zero-order valence-corrected chi connectivity index (χ0v) is 12.4. The highest BCUT2D eigenvalue weighted by atomic mass is 32.2. The van der Waals surface area contributed by atoms with Crippen LogP contribution in [0.4, 0.5) is 5.69 Å². The SMILES string of the molecule is Cc1ccc(N)cc1S(=O)(=O)NC1C2C3CCC(C3)C12. The summed E-state index contributed by atoms with van der Waals surface area (Å²) in [6.45, 7) is 1.81. The molecule has 0 radical (unpaired) electrons. The fourth-order valence-electron chi connectivity index (χ4n) is 4.63. The fraction of sp³-hybridized carbons (Fsp3) is 0.600. The second-order valence-electron chi connectivity index (χ2n) is 6.66. The van der Waals surface area contributed by atoms with Gasteiger partial charge in [-0.2, -0.15) is 0 Å². The van der Waals surface area contributed by atoms with Crippen LogP contribution in [0.5, 0.6) is 0 Å². The third kappa shape index (κ3) is 1.72. The maximum Gasteiger partial charge on any atom is 0.241 e. The van der Waals surface area contributed by atoms with E-state index in [2.05, 4.69) is 4.72 Å². The van der Waals surface area contributed by atoms with Crippen LogP contribution in [0.3, 0.4) is 0 Å². The minimum absolute atomic E-state index is 0.173. The summed E-state index contributed by atoms with van der Waals surface area (Å²) >= 11 is 0. The van der Waals surface area contributed by atoms with Crippen LogP contribution in [0.1, 0.15) is 24.8 Å². The maximum atomic E-state index is 12.6. The van der Waals surface area contributed by atoms with E-state index in [4.69, 9.17) is 5.73 Å². The van der Waals surface area contributed by atoms with Crippen molar-refractivity contribution in [1.82, 2.24) is 4.72 Å². The van der Waals surface area contributed by atoms with Gasteiger partial charge < -0.3 is 5.73 Å². The molecule has 108 valence electrons. The Morgan fingerprint density at radius 3 is 2.50 bits per heavy atom. The number of aryl methyl sites for hydroxylation is 1. The lowest BCUT2D eigenvalue weighted by Crippen LogP contribution is -2.30. The standard InChI is InChI=1S/C15H20N2O2S/c1-8-2-5-11(16)7-12(8)20(18,19)17-15-13-9-3-4-10(6-9)14(13)15/h2,5,7,9-10,13-15,17H,3-4,6,16H2,1H3. The van der Waals surface area contributed by atoms with Crippen molar-refractivity contribution in [2.24, 2.45) is 23.7 Å². The van der Waals surface area contributed by atoms with E-state index in [0.29, 0.717) is 22.4 Å². The number of hydrogen-bond acceptors (Lipinski definition) is 3. The summed E-state index contributed by atoms with van der Waals surface area (Å²) in [6, 6.07) is 5.23. The van der Waals surface area contributed by atoms with E-state index in [1.165, 1.54) is 19.3 Å². The van der Waals surface area contributed by atoms with Crippen molar-refractivity contribution in [2.45, 2.75) is 37.1 Å². The number of sulfonamides is 1. The Kier molecular flexibility index (Phi) is 2.52. The van der Waals surface area contributed by atoms with Gasteiger partial charge >= 0.3 is 0 Å². The summed E-state index contributed by atoms with van der Waals surface area (Å²) in [7, 11) is -3.44. The van der Waals surface area contributed by atoms with Crippen LogP contribution in [0.15, 0.2) is 23.1 Å². The molecule has 5 heteroatoms. The zero-order chi connectivity index (χ0) is 14.1. The molecule has 3 fully saturated rings. The van der Waals surface area contributed by atoms with Gasteiger partial charge in [-0.05, 0) is 67.6 Å². The molecule has 4 rings (SSSR count). The summed E-state index contributed by atoms with van der Waals surface area (Å²) in [5.41, 5.74) is 6.97. The van der Waals surface area contributed by atoms with Crippen molar-refractivity contribution in [3.8, 4) is 0 Å². The van der Waals surface area contributed by atoms with E-state index in [-0.39, 0.29) is 6.04 Å².